The highest BCUT2D eigenvalue weighted by Crippen LogP contribution is 2.12. The van der Waals surface area contributed by atoms with Crippen molar-refractivity contribution in [3.63, 3.8) is 0 Å². The maximum Gasteiger partial charge on any atom is 0.325 e. The predicted molar refractivity (Wildman–Crippen MR) is 107 cm³/mol. The van der Waals surface area contributed by atoms with Gasteiger partial charge in [-0.05, 0) is 38.1 Å². The van der Waals surface area contributed by atoms with Gasteiger partial charge in [0, 0.05) is 17.3 Å². The molecule has 8 nitrogen and oxygen atoms in total. The number of halogens is 2. The zero-order valence-electron chi connectivity index (χ0n) is 16.9. The van der Waals surface area contributed by atoms with Gasteiger partial charge in [0.15, 0.2) is 18.2 Å². The summed E-state index contributed by atoms with van der Waals surface area (Å²) in [6.07, 6.45) is 0. The molecule has 0 unspecified atom stereocenters. The molecule has 31 heavy (non-hydrogen) atoms. The van der Waals surface area contributed by atoms with Crippen molar-refractivity contribution in [1.29, 1.82) is 0 Å². The van der Waals surface area contributed by atoms with Crippen LogP contribution in [0.5, 0.6) is 0 Å². The molecule has 0 aliphatic rings. The van der Waals surface area contributed by atoms with Gasteiger partial charge in [-0.2, -0.15) is 0 Å². The Morgan fingerprint density at radius 3 is 2.16 bits per heavy atom. The van der Waals surface area contributed by atoms with Crippen LogP contribution < -0.4 is 16.0 Å². The molecule has 10 heteroatoms. The van der Waals surface area contributed by atoms with Crippen molar-refractivity contribution >= 4 is 29.4 Å². The zero-order chi connectivity index (χ0) is 23.0. The Balaban J connectivity index is 1.68. The molecule has 0 radical (unpaired) electrons. The van der Waals surface area contributed by atoms with Crippen LogP contribution in [0.25, 0.3) is 0 Å². The first kappa shape index (κ1) is 23.5. The number of aryl methyl sites for hydroxylation is 2. The van der Waals surface area contributed by atoms with Crippen molar-refractivity contribution in [3.05, 3.63) is 64.7 Å². The maximum absolute atomic E-state index is 13.1. The molecule has 0 fully saturated rings. The Morgan fingerprint density at radius 2 is 1.52 bits per heavy atom. The number of esters is 1. The third kappa shape index (κ3) is 7.84. The van der Waals surface area contributed by atoms with E-state index >= 15 is 0 Å². The number of nitrogens with one attached hydrogen (secondary N) is 3. The molecule has 164 valence electrons. The smallest absolute Gasteiger partial charge is 0.325 e. The normalized spacial score (nSPS) is 10.2. The summed E-state index contributed by atoms with van der Waals surface area (Å²) in [5, 5.41) is 6.87. The minimum absolute atomic E-state index is 0.0177. The SMILES string of the molecule is Cc1cc(C)cc(C(=O)NCC(=O)OCC(=O)NCC(=O)Nc2ccc(F)c(F)c2)c1. The van der Waals surface area contributed by atoms with Crippen LogP contribution in [0.1, 0.15) is 21.5 Å². The highest BCUT2D eigenvalue weighted by atomic mass is 19.2. The number of hydrogen-bond acceptors (Lipinski definition) is 5. The Hall–Kier alpha value is -3.82. The zero-order valence-corrected chi connectivity index (χ0v) is 16.9. The summed E-state index contributed by atoms with van der Waals surface area (Å²) >= 11 is 0. The third-order valence-electron chi connectivity index (χ3n) is 3.89. The van der Waals surface area contributed by atoms with Gasteiger partial charge in [0.05, 0.1) is 6.54 Å². The Labute approximate surface area is 177 Å². The average molecular weight is 433 g/mol. The second-order valence-corrected chi connectivity index (χ2v) is 6.67. The maximum atomic E-state index is 13.1. The molecule has 2 rings (SSSR count). The molecule has 0 heterocycles. The predicted octanol–water partition coefficient (Wildman–Crippen LogP) is 1.61. The van der Waals surface area contributed by atoms with Gasteiger partial charge >= 0.3 is 5.97 Å². The number of carbonyl (C=O) groups excluding carboxylic acids is 4. The highest BCUT2D eigenvalue weighted by Gasteiger charge is 2.13. The molecule has 2 aromatic carbocycles. The fourth-order valence-electron chi connectivity index (χ4n) is 2.57. The minimum Gasteiger partial charge on any atom is -0.454 e. The minimum atomic E-state index is -1.13. The molecule has 3 N–H and O–H groups in total. The number of anilines is 1. The Kier molecular flexibility index (Phi) is 8.18. The molecule has 0 atom stereocenters. The van der Waals surface area contributed by atoms with Gasteiger partial charge in [0.1, 0.15) is 6.54 Å². The number of carbonyl (C=O) groups is 4. The summed E-state index contributed by atoms with van der Waals surface area (Å²) in [7, 11) is 0. The summed E-state index contributed by atoms with van der Waals surface area (Å²) < 4.78 is 30.7. The van der Waals surface area contributed by atoms with Crippen molar-refractivity contribution in [1.82, 2.24) is 10.6 Å². The van der Waals surface area contributed by atoms with E-state index in [9.17, 15) is 28.0 Å². The van der Waals surface area contributed by atoms with Gasteiger partial charge < -0.3 is 20.7 Å². The topological polar surface area (TPSA) is 114 Å². The second-order valence-electron chi connectivity index (χ2n) is 6.67. The van der Waals surface area contributed by atoms with E-state index in [0.717, 1.165) is 29.3 Å². The van der Waals surface area contributed by atoms with E-state index in [1.807, 2.05) is 19.9 Å². The molecule has 0 saturated heterocycles. The fourth-order valence-corrected chi connectivity index (χ4v) is 2.57. The van der Waals surface area contributed by atoms with Crippen LogP contribution in [0, 0.1) is 25.5 Å². The van der Waals surface area contributed by atoms with E-state index in [1.165, 1.54) is 0 Å². The molecule has 0 bridgehead atoms. The number of amides is 3. The number of hydrogen-bond donors (Lipinski definition) is 3. The first-order chi connectivity index (χ1) is 14.6. The first-order valence-electron chi connectivity index (χ1n) is 9.18. The van der Waals surface area contributed by atoms with Crippen LogP contribution in [0.2, 0.25) is 0 Å². The molecule has 0 aromatic heterocycles. The standard InChI is InChI=1S/C21H21F2N3O5/c1-12-5-13(2)7-14(6-12)21(30)25-10-20(29)31-11-19(28)24-9-18(27)26-15-3-4-16(22)17(23)8-15/h3-8H,9-11H2,1-2H3,(H,24,28)(H,25,30)(H,26,27). The van der Waals surface area contributed by atoms with Crippen LogP contribution in [0.4, 0.5) is 14.5 Å². The van der Waals surface area contributed by atoms with Gasteiger partial charge in [0.25, 0.3) is 11.8 Å². The van der Waals surface area contributed by atoms with Crippen molar-refractivity contribution < 1.29 is 32.7 Å². The van der Waals surface area contributed by atoms with Gasteiger partial charge in [-0.3, -0.25) is 19.2 Å². The second kappa shape index (κ2) is 10.8. The van der Waals surface area contributed by atoms with Gasteiger partial charge in [-0.15, -0.1) is 0 Å². The summed E-state index contributed by atoms with van der Waals surface area (Å²) in [5.41, 5.74) is 2.22. The summed E-state index contributed by atoms with van der Waals surface area (Å²) in [6.45, 7) is 2.12. The van der Waals surface area contributed by atoms with Gasteiger partial charge in [0.2, 0.25) is 5.91 Å². The molecule has 0 saturated carbocycles. The van der Waals surface area contributed by atoms with E-state index < -0.39 is 55.0 Å². The molecule has 2 aromatic rings. The summed E-state index contributed by atoms with van der Waals surface area (Å²) in [6, 6.07) is 8.05. The van der Waals surface area contributed by atoms with Crippen LogP contribution in [0.15, 0.2) is 36.4 Å². The van der Waals surface area contributed by atoms with E-state index in [2.05, 4.69) is 16.0 Å². The Bertz CT molecular complexity index is 990. The monoisotopic (exact) mass is 433 g/mol. The van der Waals surface area contributed by atoms with Gasteiger partial charge in [-0.1, -0.05) is 17.2 Å². The number of ether oxygens (including phenoxy) is 1. The lowest BCUT2D eigenvalue weighted by atomic mass is 10.1. The quantitative estimate of drug-likeness (QED) is 0.548. The van der Waals surface area contributed by atoms with Crippen LogP contribution >= 0.6 is 0 Å². The Morgan fingerprint density at radius 1 is 0.839 bits per heavy atom. The third-order valence-corrected chi connectivity index (χ3v) is 3.89. The van der Waals surface area contributed by atoms with E-state index in [4.69, 9.17) is 4.74 Å². The molecule has 0 spiro atoms. The van der Waals surface area contributed by atoms with Crippen molar-refractivity contribution in [2.45, 2.75) is 13.8 Å². The van der Waals surface area contributed by atoms with Crippen LogP contribution in [0.3, 0.4) is 0 Å². The highest BCUT2D eigenvalue weighted by molar-refractivity contribution is 5.97. The molecule has 3 amide bonds. The number of benzene rings is 2. The average Bonchev–Trinajstić information content (AvgIpc) is 2.71. The van der Waals surface area contributed by atoms with Crippen molar-refractivity contribution in [2.75, 3.05) is 25.0 Å². The largest absolute Gasteiger partial charge is 0.454 e. The first-order valence-corrected chi connectivity index (χ1v) is 9.18. The van der Waals surface area contributed by atoms with Crippen LogP contribution in [-0.2, 0) is 19.1 Å². The van der Waals surface area contributed by atoms with Crippen molar-refractivity contribution in [2.24, 2.45) is 0 Å². The molecule has 0 aliphatic carbocycles. The van der Waals surface area contributed by atoms with E-state index in [0.29, 0.717) is 5.56 Å². The lowest BCUT2D eigenvalue weighted by Gasteiger charge is -2.09. The lowest BCUT2D eigenvalue weighted by molar-refractivity contribution is -0.147. The van der Waals surface area contributed by atoms with E-state index in [1.54, 1.807) is 12.1 Å². The van der Waals surface area contributed by atoms with Crippen molar-refractivity contribution in [3.8, 4) is 0 Å². The fraction of sp³-hybridized carbons (Fsp3) is 0.238. The molecular weight excluding hydrogens is 412 g/mol. The molecule has 0 aliphatic heterocycles. The number of rotatable bonds is 8. The summed E-state index contributed by atoms with van der Waals surface area (Å²) in [5.74, 6) is -4.92. The van der Waals surface area contributed by atoms with Crippen LogP contribution in [-0.4, -0.2) is 43.4 Å². The summed E-state index contributed by atoms with van der Waals surface area (Å²) in [4.78, 5) is 47.2. The van der Waals surface area contributed by atoms with Gasteiger partial charge in [-0.25, -0.2) is 8.78 Å². The molecular formula is C21H21F2N3O5. The van der Waals surface area contributed by atoms with E-state index in [-0.39, 0.29) is 5.69 Å². The lowest BCUT2D eigenvalue weighted by Crippen LogP contribution is -2.37.